The highest BCUT2D eigenvalue weighted by atomic mass is 35.5. The molecule has 5 heteroatoms. The fourth-order valence-electron chi connectivity index (χ4n) is 2.62. The number of amides is 1. The summed E-state index contributed by atoms with van der Waals surface area (Å²) in [6.07, 6.45) is 0. The minimum atomic E-state index is -0.523. The van der Waals surface area contributed by atoms with Gasteiger partial charge in [0.2, 0.25) is 0 Å². The molecule has 0 aliphatic carbocycles. The van der Waals surface area contributed by atoms with Crippen molar-refractivity contribution in [3.05, 3.63) is 58.1 Å². The molecule has 1 heterocycles. The maximum Gasteiger partial charge on any atom is 0.250 e. The lowest BCUT2D eigenvalue weighted by atomic mass is 10.1. The molecule has 0 saturated carbocycles. The number of hydrogen-bond acceptors (Lipinski definition) is 3. The number of nitrogen functional groups attached to an aromatic ring is 1. The molecule has 0 atom stereocenters. The van der Waals surface area contributed by atoms with Gasteiger partial charge in [-0.05, 0) is 23.3 Å². The lowest BCUT2D eigenvalue weighted by Gasteiger charge is -2.22. The largest absolute Gasteiger partial charge is 0.399 e. The van der Waals surface area contributed by atoms with Crippen molar-refractivity contribution >= 4 is 28.9 Å². The normalized spacial score (nSPS) is 13.3. The van der Waals surface area contributed by atoms with E-state index in [1.54, 1.807) is 12.1 Å². The van der Waals surface area contributed by atoms with Crippen LogP contribution >= 0.6 is 11.6 Å². The van der Waals surface area contributed by atoms with Gasteiger partial charge in [-0.15, -0.1) is 0 Å². The molecule has 4 nitrogen and oxygen atoms in total. The highest BCUT2D eigenvalue weighted by Crippen LogP contribution is 2.37. The number of nitrogens with zero attached hydrogens (tertiary/aromatic N) is 1. The quantitative estimate of drug-likeness (QED) is 0.834. The Labute approximate surface area is 121 Å². The number of carbonyl (C=O) groups is 1. The summed E-state index contributed by atoms with van der Waals surface area (Å²) < 4.78 is 0. The molecule has 1 amide bonds. The number of nitrogens with two attached hydrogens (primary N) is 2. The van der Waals surface area contributed by atoms with Crippen LogP contribution in [-0.2, 0) is 13.1 Å². The van der Waals surface area contributed by atoms with Crippen LogP contribution in [0.1, 0.15) is 21.5 Å². The first-order chi connectivity index (χ1) is 9.56. The molecule has 1 aliphatic rings. The van der Waals surface area contributed by atoms with Crippen molar-refractivity contribution in [1.82, 2.24) is 0 Å². The van der Waals surface area contributed by atoms with E-state index in [0.29, 0.717) is 35.1 Å². The van der Waals surface area contributed by atoms with Crippen molar-refractivity contribution in [2.24, 2.45) is 5.73 Å². The zero-order chi connectivity index (χ0) is 14.3. The minimum absolute atomic E-state index is 0.364. The maximum atomic E-state index is 11.6. The van der Waals surface area contributed by atoms with E-state index in [4.69, 9.17) is 23.1 Å². The van der Waals surface area contributed by atoms with Crippen LogP contribution in [0.3, 0.4) is 0 Å². The number of carbonyl (C=O) groups excluding carboxylic acids is 1. The minimum Gasteiger partial charge on any atom is -0.399 e. The fourth-order valence-corrected chi connectivity index (χ4v) is 2.97. The molecule has 0 saturated heterocycles. The van der Waals surface area contributed by atoms with Crippen molar-refractivity contribution in [3.8, 4) is 0 Å². The zero-order valence-electron chi connectivity index (χ0n) is 10.8. The van der Waals surface area contributed by atoms with Crippen LogP contribution in [-0.4, -0.2) is 5.91 Å². The van der Waals surface area contributed by atoms with Crippen molar-refractivity contribution in [1.29, 1.82) is 0 Å². The van der Waals surface area contributed by atoms with E-state index >= 15 is 0 Å². The van der Waals surface area contributed by atoms with Crippen molar-refractivity contribution in [2.75, 3.05) is 10.6 Å². The second kappa shape index (κ2) is 4.72. The monoisotopic (exact) mass is 287 g/mol. The summed E-state index contributed by atoms with van der Waals surface area (Å²) >= 11 is 6.27. The topological polar surface area (TPSA) is 72.3 Å². The van der Waals surface area contributed by atoms with Gasteiger partial charge in [0.25, 0.3) is 5.91 Å². The first kappa shape index (κ1) is 12.8. The third kappa shape index (κ3) is 2.08. The lowest BCUT2D eigenvalue weighted by Crippen LogP contribution is -2.22. The second-order valence-corrected chi connectivity index (χ2v) is 5.30. The molecule has 0 radical (unpaired) electrons. The van der Waals surface area contributed by atoms with Gasteiger partial charge in [0.05, 0.1) is 16.3 Å². The first-order valence-corrected chi connectivity index (χ1v) is 6.64. The van der Waals surface area contributed by atoms with E-state index in [1.807, 2.05) is 17.0 Å². The number of rotatable bonds is 2. The predicted octanol–water partition coefficient (Wildman–Crippen LogP) is 2.54. The second-order valence-electron chi connectivity index (χ2n) is 4.89. The van der Waals surface area contributed by atoms with Gasteiger partial charge in [0, 0.05) is 18.8 Å². The van der Waals surface area contributed by atoms with E-state index in [-0.39, 0.29) is 0 Å². The van der Waals surface area contributed by atoms with Crippen LogP contribution in [0.25, 0.3) is 0 Å². The number of halogens is 1. The Balaban J connectivity index is 2.06. The van der Waals surface area contributed by atoms with Crippen LogP contribution in [0.2, 0.25) is 5.02 Å². The Morgan fingerprint density at radius 1 is 1.15 bits per heavy atom. The van der Waals surface area contributed by atoms with Crippen LogP contribution in [0.4, 0.5) is 11.4 Å². The highest BCUT2D eigenvalue weighted by molar-refractivity contribution is 6.34. The van der Waals surface area contributed by atoms with Gasteiger partial charge >= 0.3 is 0 Å². The molecule has 0 fully saturated rings. The Bertz CT molecular complexity index is 675. The number of fused-ring (bicyclic) bond motifs is 1. The molecular formula is C15H14ClN3O. The molecule has 1 aliphatic heterocycles. The molecule has 20 heavy (non-hydrogen) atoms. The van der Waals surface area contributed by atoms with Crippen LogP contribution in [0.5, 0.6) is 0 Å². The van der Waals surface area contributed by atoms with Crippen LogP contribution in [0, 0.1) is 0 Å². The molecule has 3 rings (SSSR count). The van der Waals surface area contributed by atoms with Gasteiger partial charge in [-0.1, -0.05) is 35.9 Å². The molecule has 0 aromatic heterocycles. The number of benzene rings is 2. The van der Waals surface area contributed by atoms with Gasteiger partial charge in [0.15, 0.2) is 0 Å². The summed E-state index contributed by atoms with van der Waals surface area (Å²) in [6, 6.07) is 11.4. The Kier molecular flexibility index (Phi) is 3.03. The molecule has 0 unspecified atom stereocenters. The number of hydrogen-bond donors (Lipinski definition) is 2. The third-order valence-corrected chi connectivity index (χ3v) is 3.80. The molecule has 2 aromatic rings. The highest BCUT2D eigenvalue weighted by Gasteiger charge is 2.24. The molecule has 0 spiro atoms. The molecule has 2 aromatic carbocycles. The van der Waals surface area contributed by atoms with Gasteiger partial charge in [-0.2, -0.15) is 0 Å². The van der Waals surface area contributed by atoms with Crippen molar-refractivity contribution in [2.45, 2.75) is 13.1 Å². The molecule has 102 valence electrons. The van der Waals surface area contributed by atoms with Crippen molar-refractivity contribution < 1.29 is 4.79 Å². The fraction of sp³-hybridized carbons (Fsp3) is 0.133. The molecule has 0 bridgehead atoms. The van der Waals surface area contributed by atoms with E-state index in [9.17, 15) is 4.79 Å². The van der Waals surface area contributed by atoms with Crippen molar-refractivity contribution in [3.63, 3.8) is 0 Å². The number of primary amides is 1. The van der Waals surface area contributed by atoms with E-state index < -0.39 is 5.91 Å². The van der Waals surface area contributed by atoms with Crippen LogP contribution < -0.4 is 16.4 Å². The van der Waals surface area contributed by atoms with E-state index in [0.717, 1.165) is 0 Å². The van der Waals surface area contributed by atoms with Gasteiger partial charge < -0.3 is 16.4 Å². The Morgan fingerprint density at radius 2 is 1.75 bits per heavy atom. The lowest BCUT2D eigenvalue weighted by molar-refractivity contribution is 0.100. The van der Waals surface area contributed by atoms with Crippen LogP contribution in [0.15, 0.2) is 36.4 Å². The van der Waals surface area contributed by atoms with Gasteiger partial charge in [-0.3, -0.25) is 4.79 Å². The average molecular weight is 288 g/mol. The van der Waals surface area contributed by atoms with Gasteiger partial charge in [-0.25, -0.2) is 0 Å². The third-order valence-electron chi connectivity index (χ3n) is 3.51. The summed E-state index contributed by atoms with van der Waals surface area (Å²) in [5.74, 6) is -0.523. The molecule has 4 N–H and O–H groups in total. The summed E-state index contributed by atoms with van der Waals surface area (Å²) in [6.45, 7) is 1.42. The van der Waals surface area contributed by atoms with E-state index in [2.05, 4.69) is 12.1 Å². The standard InChI is InChI=1S/C15H14ClN3O/c16-13-6-11(17)5-12(15(18)20)14(13)19-7-9-3-1-2-4-10(9)8-19/h1-6H,7-8,17H2,(H2,18,20). The van der Waals surface area contributed by atoms with Gasteiger partial charge in [0.1, 0.15) is 0 Å². The molecular weight excluding hydrogens is 274 g/mol. The summed E-state index contributed by atoms with van der Waals surface area (Å²) in [5.41, 5.74) is 15.1. The average Bonchev–Trinajstić information content (AvgIpc) is 2.80. The summed E-state index contributed by atoms with van der Waals surface area (Å²) in [5, 5.41) is 0.451. The smallest absolute Gasteiger partial charge is 0.250 e. The summed E-state index contributed by atoms with van der Waals surface area (Å²) in [7, 11) is 0. The Hall–Kier alpha value is -2.20. The predicted molar refractivity (Wildman–Crippen MR) is 80.7 cm³/mol. The maximum absolute atomic E-state index is 11.6. The SMILES string of the molecule is NC(=O)c1cc(N)cc(Cl)c1N1Cc2ccccc2C1. The number of anilines is 2. The van der Waals surface area contributed by atoms with E-state index in [1.165, 1.54) is 11.1 Å². The Morgan fingerprint density at radius 3 is 2.30 bits per heavy atom. The first-order valence-electron chi connectivity index (χ1n) is 6.27. The zero-order valence-corrected chi connectivity index (χ0v) is 11.5. The summed E-state index contributed by atoms with van der Waals surface area (Å²) in [4.78, 5) is 13.7.